The van der Waals surface area contributed by atoms with Gasteiger partial charge in [-0.25, -0.2) is 9.97 Å². The molecule has 9 heteroatoms. The molecule has 2 unspecified atom stereocenters. The molecular formula is C10H12IN5O3. The number of hydrogen-bond acceptors (Lipinski definition) is 7. The van der Waals surface area contributed by atoms with Gasteiger partial charge in [0.1, 0.15) is 21.7 Å². The van der Waals surface area contributed by atoms with Crippen molar-refractivity contribution in [3.8, 4) is 0 Å². The van der Waals surface area contributed by atoms with Crippen molar-refractivity contribution in [2.45, 2.75) is 24.7 Å². The minimum absolute atomic E-state index is 0.240. The first-order valence-corrected chi connectivity index (χ1v) is 6.79. The predicted molar refractivity (Wildman–Crippen MR) is 74.1 cm³/mol. The van der Waals surface area contributed by atoms with Gasteiger partial charge in [-0.3, -0.25) is 5.10 Å². The van der Waals surface area contributed by atoms with Crippen molar-refractivity contribution in [1.82, 2.24) is 20.2 Å². The summed E-state index contributed by atoms with van der Waals surface area (Å²) in [6, 6.07) is 0. The summed E-state index contributed by atoms with van der Waals surface area (Å²) in [5.41, 5.74) is 6.36. The van der Waals surface area contributed by atoms with Crippen LogP contribution in [0.5, 0.6) is 0 Å². The smallest absolute Gasteiger partial charge is 0.187 e. The number of ether oxygens (including phenoxy) is 1. The molecule has 1 saturated heterocycles. The third kappa shape index (κ3) is 2.16. The van der Waals surface area contributed by atoms with Gasteiger partial charge >= 0.3 is 0 Å². The normalized spacial score (nSPS) is 27.2. The molecule has 102 valence electrons. The van der Waals surface area contributed by atoms with Crippen LogP contribution in [-0.2, 0) is 4.74 Å². The van der Waals surface area contributed by atoms with Crippen molar-refractivity contribution in [1.29, 1.82) is 0 Å². The third-order valence-electron chi connectivity index (χ3n) is 3.11. The average Bonchev–Trinajstić information content (AvgIpc) is 2.93. The zero-order chi connectivity index (χ0) is 13.6. The Bertz CT molecular complexity index is 618. The molecule has 5 N–H and O–H groups in total. The summed E-state index contributed by atoms with van der Waals surface area (Å²) in [6.07, 6.45) is -1.48. The number of rotatable bonds is 2. The van der Waals surface area contributed by atoms with E-state index < -0.39 is 18.3 Å². The topological polar surface area (TPSA) is 130 Å². The number of fused-ring (bicyclic) bond motifs is 1. The molecule has 0 saturated carbocycles. The van der Waals surface area contributed by atoms with Gasteiger partial charge < -0.3 is 20.7 Å². The number of nitrogens with one attached hydrogen (secondary N) is 1. The molecule has 3 atom stereocenters. The van der Waals surface area contributed by atoms with Crippen molar-refractivity contribution in [3.05, 3.63) is 9.53 Å². The van der Waals surface area contributed by atoms with Gasteiger partial charge in [0.2, 0.25) is 0 Å². The van der Waals surface area contributed by atoms with Crippen LogP contribution in [0, 0.1) is 3.70 Å². The fourth-order valence-corrected chi connectivity index (χ4v) is 2.77. The summed E-state index contributed by atoms with van der Waals surface area (Å²) in [5, 5.41) is 26.3. The molecule has 2 aromatic heterocycles. The van der Waals surface area contributed by atoms with Gasteiger partial charge in [0, 0.05) is 6.42 Å². The molecule has 1 fully saturated rings. The van der Waals surface area contributed by atoms with Crippen molar-refractivity contribution in [3.63, 3.8) is 0 Å². The Morgan fingerprint density at radius 3 is 2.95 bits per heavy atom. The Hall–Kier alpha value is -1.04. The summed E-state index contributed by atoms with van der Waals surface area (Å²) >= 11 is 2.07. The summed E-state index contributed by atoms with van der Waals surface area (Å²) in [5.74, 6) is 0.701. The van der Waals surface area contributed by atoms with E-state index in [2.05, 4.69) is 42.8 Å². The standard InChI is InChI=1S/C10H12IN5O3/c11-7-6-8(12)13-9(14-10(6)16-15-7)4-1-3(18)5(2-17)19-4/h3-5,17-18H,1-2H2,(H3,12,13,14,15,16)/t3?,4?,5-/m1/s1. The Morgan fingerprint density at radius 2 is 2.26 bits per heavy atom. The molecule has 1 aliphatic rings. The van der Waals surface area contributed by atoms with E-state index in [4.69, 9.17) is 15.6 Å². The number of nitrogens with zero attached hydrogens (tertiary/aromatic N) is 3. The van der Waals surface area contributed by atoms with Gasteiger partial charge in [-0.2, -0.15) is 5.10 Å². The van der Waals surface area contributed by atoms with Gasteiger partial charge in [-0.05, 0) is 22.6 Å². The number of aromatic amines is 1. The molecule has 0 spiro atoms. The van der Waals surface area contributed by atoms with Crippen molar-refractivity contribution < 1.29 is 14.9 Å². The summed E-state index contributed by atoms with van der Waals surface area (Å²) in [6.45, 7) is -0.240. The SMILES string of the molecule is Nc1nc(C2CC(O)[C@@H](CO)O2)nc2n[nH]c(I)c12. The fourth-order valence-electron chi connectivity index (χ4n) is 2.14. The van der Waals surface area contributed by atoms with E-state index in [1.54, 1.807) is 0 Å². The van der Waals surface area contributed by atoms with Crippen molar-refractivity contribution in [2.75, 3.05) is 12.3 Å². The molecule has 3 rings (SSSR count). The Balaban J connectivity index is 1.98. The number of H-pyrrole nitrogens is 1. The first-order chi connectivity index (χ1) is 9.10. The molecule has 0 aromatic carbocycles. The highest BCUT2D eigenvalue weighted by Gasteiger charge is 2.36. The average molecular weight is 377 g/mol. The number of aliphatic hydroxyl groups excluding tert-OH is 2. The molecule has 0 bridgehead atoms. The lowest BCUT2D eigenvalue weighted by Crippen LogP contribution is -2.24. The van der Waals surface area contributed by atoms with Crippen LogP contribution in [0.4, 0.5) is 5.82 Å². The summed E-state index contributed by atoms with van der Waals surface area (Å²) < 4.78 is 6.27. The fraction of sp³-hybridized carbons (Fsp3) is 0.500. The van der Waals surface area contributed by atoms with E-state index in [1.807, 2.05) is 0 Å². The van der Waals surface area contributed by atoms with Crippen molar-refractivity contribution >= 4 is 39.4 Å². The maximum atomic E-state index is 9.71. The van der Waals surface area contributed by atoms with E-state index in [0.717, 1.165) is 3.70 Å². The van der Waals surface area contributed by atoms with Crippen LogP contribution >= 0.6 is 22.6 Å². The lowest BCUT2D eigenvalue weighted by molar-refractivity contribution is -0.0246. The Morgan fingerprint density at radius 1 is 1.47 bits per heavy atom. The lowest BCUT2D eigenvalue weighted by atomic mass is 10.1. The molecule has 19 heavy (non-hydrogen) atoms. The zero-order valence-electron chi connectivity index (χ0n) is 9.75. The number of hydrogen-bond donors (Lipinski definition) is 4. The quantitative estimate of drug-likeness (QED) is 0.530. The van der Waals surface area contributed by atoms with E-state index >= 15 is 0 Å². The highest BCUT2D eigenvalue weighted by Crippen LogP contribution is 2.32. The minimum Gasteiger partial charge on any atom is -0.394 e. The zero-order valence-corrected chi connectivity index (χ0v) is 11.9. The summed E-state index contributed by atoms with van der Waals surface area (Å²) in [7, 11) is 0. The number of nitrogens with two attached hydrogens (primary N) is 1. The van der Waals surface area contributed by atoms with Gasteiger partial charge in [-0.1, -0.05) is 0 Å². The van der Waals surface area contributed by atoms with Crippen LogP contribution in [0.2, 0.25) is 0 Å². The second-order valence-corrected chi connectivity index (χ2v) is 5.43. The molecule has 3 heterocycles. The first kappa shape index (κ1) is 13.0. The minimum atomic E-state index is -0.727. The van der Waals surface area contributed by atoms with Crippen LogP contribution in [0.25, 0.3) is 11.0 Å². The van der Waals surface area contributed by atoms with Crippen LogP contribution in [0.1, 0.15) is 18.3 Å². The maximum absolute atomic E-state index is 9.71. The van der Waals surface area contributed by atoms with Gasteiger partial charge in [0.25, 0.3) is 0 Å². The highest BCUT2D eigenvalue weighted by atomic mass is 127. The number of anilines is 1. The molecule has 0 amide bonds. The van der Waals surface area contributed by atoms with Crippen LogP contribution in [-0.4, -0.2) is 49.2 Å². The second kappa shape index (κ2) is 4.81. The van der Waals surface area contributed by atoms with E-state index in [1.165, 1.54) is 0 Å². The molecule has 0 radical (unpaired) electrons. The number of halogens is 1. The van der Waals surface area contributed by atoms with E-state index in [0.29, 0.717) is 29.1 Å². The van der Waals surface area contributed by atoms with Crippen LogP contribution in [0.15, 0.2) is 0 Å². The molecule has 2 aromatic rings. The van der Waals surface area contributed by atoms with E-state index in [-0.39, 0.29) is 6.61 Å². The first-order valence-electron chi connectivity index (χ1n) is 5.71. The Labute approximate surface area is 121 Å². The Kier molecular flexibility index (Phi) is 3.28. The van der Waals surface area contributed by atoms with Gasteiger partial charge in [0.15, 0.2) is 11.5 Å². The van der Waals surface area contributed by atoms with Crippen molar-refractivity contribution in [2.24, 2.45) is 0 Å². The maximum Gasteiger partial charge on any atom is 0.187 e. The largest absolute Gasteiger partial charge is 0.394 e. The molecule has 1 aliphatic heterocycles. The van der Waals surface area contributed by atoms with Gasteiger partial charge in [-0.15, -0.1) is 0 Å². The summed E-state index contributed by atoms with van der Waals surface area (Å²) in [4.78, 5) is 8.49. The van der Waals surface area contributed by atoms with Crippen LogP contribution in [0.3, 0.4) is 0 Å². The van der Waals surface area contributed by atoms with Gasteiger partial charge in [0.05, 0.1) is 18.1 Å². The molecular weight excluding hydrogens is 365 g/mol. The number of aliphatic hydroxyl groups is 2. The number of nitrogen functional groups attached to an aromatic ring is 1. The predicted octanol–water partition coefficient (Wildman–Crippen LogP) is -0.277. The van der Waals surface area contributed by atoms with Crippen LogP contribution < -0.4 is 5.73 Å². The van der Waals surface area contributed by atoms with E-state index in [9.17, 15) is 5.11 Å². The third-order valence-corrected chi connectivity index (χ3v) is 3.89. The monoisotopic (exact) mass is 377 g/mol. The highest BCUT2D eigenvalue weighted by molar-refractivity contribution is 14.1. The molecule has 8 nitrogen and oxygen atoms in total. The lowest BCUT2D eigenvalue weighted by Gasteiger charge is -2.11. The second-order valence-electron chi connectivity index (χ2n) is 4.35. The molecule has 0 aliphatic carbocycles. The number of aromatic nitrogens is 4.